The van der Waals surface area contributed by atoms with Gasteiger partial charge in [0.2, 0.25) is 5.91 Å². The Bertz CT molecular complexity index is 1180. The van der Waals surface area contributed by atoms with E-state index in [4.69, 9.17) is 11.6 Å². The molecule has 1 aromatic carbocycles. The number of hydrogen-bond donors (Lipinski definition) is 2. The first-order chi connectivity index (χ1) is 15.2. The van der Waals surface area contributed by atoms with Crippen LogP contribution in [0.25, 0.3) is 0 Å². The summed E-state index contributed by atoms with van der Waals surface area (Å²) in [6.07, 6.45) is 4.11. The van der Waals surface area contributed by atoms with E-state index in [2.05, 4.69) is 20.4 Å². The fourth-order valence-electron chi connectivity index (χ4n) is 3.88. The lowest BCUT2D eigenvalue weighted by molar-refractivity contribution is -0.119. The number of hydrogen-bond acceptors (Lipinski definition) is 6. The molecule has 2 N–H and O–H groups in total. The molecule has 2 atom stereocenters. The second-order valence-electron chi connectivity index (χ2n) is 7.99. The highest BCUT2D eigenvalue weighted by Gasteiger charge is 2.36. The number of nitrogens with zero attached hydrogens (tertiary/aromatic N) is 5. The summed E-state index contributed by atoms with van der Waals surface area (Å²) in [5, 5.41) is 17.5. The van der Waals surface area contributed by atoms with E-state index in [9.17, 15) is 14.3 Å². The molecule has 0 fully saturated rings. The molecule has 184 valence electrons. The summed E-state index contributed by atoms with van der Waals surface area (Å²) in [6.45, 7) is 3.85. The van der Waals surface area contributed by atoms with Crippen LogP contribution in [0, 0.1) is 12.7 Å². The third-order valence-electron chi connectivity index (χ3n) is 5.51. The van der Waals surface area contributed by atoms with Crippen molar-refractivity contribution in [1.82, 2.24) is 19.7 Å². The van der Waals surface area contributed by atoms with Crippen molar-refractivity contribution in [2.24, 2.45) is 0 Å². The lowest BCUT2D eigenvalue weighted by Crippen LogP contribution is -2.52. The Morgan fingerprint density at radius 3 is 2.68 bits per heavy atom. The number of aryl methyl sites for hydroxylation is 3. The molecule has 3 aromatic rings. The van der Waals surface area contributed by atoms with Gasteiger partial charge in [0.25, 0.3) is 0 Å². The molecule has 0 saturated carbocycles. The normalized spacial score (nSPS) is 15.6. The van der Waals surface area contributed by atoms with E-state index in [0.29, 0.717) is 47.4 Å². The molecule has 2 aromatic heterocycles. The second kappa shape index (κ2) is 11.4. The minimum Gasteiger partial charge on any atom is -0.391 e. The zero-order chi connectivity index (χ0) is 23.0. The maximum Gasteiger partial charge on any atom is 0.249 e. The third-order valence-corrected chi connectivity index (χ3v) is 5.87. The highest BCUT2D eigenvalue weighted by atomic mass is 35.5. The second-order valence-corrected chi connectivity index (χ2v) is 8.40. The zero-order valence-electron chi connectivity index (χ0n) is 19.0. The predicted molar refractivity (Wildman–Crippen MR) is 140 cm³/mol. The minimum absolute atomic E-state index is 0. The van der Waals surface area contributed by atoms with Crippen LogP contribution in [0.3, 0.4) is 0 Å². The van der Waals surface area contributed by atoms with E-state index < -0.39 is 12.1 Å². The number of halogens is 2. The number of likely N-dealkylation sites (N-methyl/N-ethyl adjacent to an activating group) is 1. The molecule has 0 aliphatic carbocycles. The van der Waals surface area contributed by atoms with Gasteiger partial charge in [-0.05, 0) is 43.5 Å². The van der Waals surface area contributed by atoms with Crippen LogP contribution >= 0.6 is 38.6 Å². The monoisotopic (exact) mass is 526 g/mol. The van der Waals surface area contributed by atoms with Crippen LogP contribution < -0.4 is 10.2 Å². The summed E-state index contributed by atoms with van der Waals surface area (Å²) in [4.78, 5) is 23.2. The molecule has 0 unspecified atom stereocenters. The smallest absolute Gasteiger partial charge is 0.249 e. The first kappa shape index (κ1) is 27.9. The standard InChI is InChI=1S/C22H24ClFN6O2.2H2S/c1-12-19-21(29(3)20(13(2)31)22(32)28-19)27-18(26-12)7-4-14-9-25-30(10-14)11-15-5-6-16(24)8-17(15)23;;/h5-6,8-10,13,20,31H,4,7,11H2,1-3H3,(H,28,32);2*1H2/t13-,20-;;/m0../s1. The van der Waals surface area contributed by atoms with Gasteiger partial charge in [-0.1, -0.05) is 17.7 Å². The van der Waals surface area contributed by atoms with Crippen LogP contribution in [0.5, 0.6) is 0 Å². The number of anilines is 2. The van der Waals surface area contributed by atoms with Gasteiger partial charge in [-0.2, -0.15) is 32.1 Å². The number of amides is 1. The van der Waals surface area contributed by atoms with E-state index in [1.165, 1.54) is 12.1 Å². The Hall–Kier alpha value is -2.34. The minimum atomic E-state index is -0.840. The molecule has 0 saturated heterocycles. The van der Waals surface area contributed by atoms with Gasteiger partial charge in [0.1, 0.15) is 23.4 Å². The first-order valence-corrected chi connectivity index (χ1v) is 10.6. The predicted octanol–water partition coefficient (Wildman–Crippen LogP) is 2.97. The number of aliphatic hydroxyl groups is 1. The van der Waals surface area contributed by atoms with Crippen molar-refractivity contribution in [2.75, 3.05) is 17.3 Å². The van der Waals surface area contributed by atoms with Gasteiger partial charge in [-0.15, -0.1) is 0 Å². The van der Waals surface area contributed by atoms with Crippen molar-refractivity contribution >= 4 is 56.0 Å². The van der Waals surface area contributed by atoms with Gasteiger partial charge < -0.3 is 15.3 Å². The van der Waals surface area contributed by atoms with Gasteiger partial charge in [0.15, 0.2) is 5.82 Å². The Labute approximate surface area is 216 Å². The van der Waals surface area contributed by atoms with E-state index in [-0.39, 0.29) is 38.7 Å². The quantitative estimate of drug-likeness (QED) is 0.512. The number of carbonyl (C=O) groups excluding carboxylic acids is 1. The lowest BCUT2D eigenvalue weighted by atomic mass is 10.1. The first-order valence-electron chi connectivity index (χ1n) is 10.3. The summed E-state index contributed by atoms with van der Waals surface area (Å²) in [6, 6.07) is 3.61. The van der Waals surface area contributed by atoms with Gasteiger partial charge in [0.05, 0.1) is 24.5 Å². The average Bonchev–Trinajstić information content (AvgIpc) is 3.17. The Balaban J connectivity index is 0.00000204. The highest BCUT2D eigenvalue weighted by Crippen LogP contribution is 2.32. The lowest BCUT2D eigenvalue weighted by Gasteiger charge is -2.36. The molecule has 0 spiro atoms. The van der Waals surface area contributed by atoms with Crippen LogP contribution in [0.15, 0.2) is 30.6 Å². The van der Waals surface area contributed by atoms with Crippen molar-refractivity contribution in [1.29, 1.82) is 0 Å². The molecule has 0 radical (unpaired) electrons. The SMILES string of the molecule is Cc1nc(CCc2cnn(Cc3ccc(F)cc3Cl)c2)nc2c1NC(=O)[C@H]([C@H](C)O)N2C.S.S. The van der Waals surface area contributed by atoms with Crippen molar-refractivity contribution in [2.45, 2.75) is 45.4 Å². The number of nitrogens with one attached hydrogen (secondary N) is 1. The molecule has 34 heavy (non-hydrogen) atoms. The fraction of sp³-hybridized carbons (Fsp3) is 0.364. The molecule has 1 aliphatic rings. The molecule has 3 heterocycles. The van der Waals surface area contributed by atoms with Gasteiger partial charge in [0, 0.05) is 24.7 Å². The number of aliphatic hydroxyl groups excluding tert-OH is 1. The molecular formula is C22H28ClFN6O2S2. The summed E-state index contributed by atoms with van der Waals surface area (Å²) >= 11 is 6.11. The number of benzene rings is 1. The van der Waals surface area contributed by atoms with Crippen LogP contribution in [-0.2, 0) is 24.2 Å². The number of carbonyl (C=O) groups is 1. The number of aromatic nitrogens is 4. The molecular weight excluding hydrogens is 499 g/mol. The van der Waals surface area contributed by atoms with Crippen LogP contribution in [0.1, 0.15) is 29.6 Å². The summed E-state index contributed by atoms with van der Waals surface area (Å²) in [5.41, 5.74) is 3.04. The fourth-order valence-corrected chi connectivity index (χ4v) is 4.10. The van der Waals surface area contributed by atoms with Crippen LogP contribution in [0.4, 0.5) is 15.9 Å². The van der Waals surface area contributed by atoms with Crippen molar-refractivity contribution < 1.29 is 14.3 Å². The molecule has 8 nitrogen and oxygen atoms in total. The largest absolute Gasteiger partial charge is 0.391 e. The molecule has 4 rings (SSSR count). The molecule has 0 bridgehead atoms. The summed E-state index contributed by atoms with van der Waals surface area (Å²) in [5.74, 6) is 0.593. The maximum atomic E-state index is 13.2. The van der Waals surface area contributed by atoms with E-state index in [1.807, 2.05) is 13.1 Å². The summed E-state index contributed by atoms with van der Waals surface area (Å²) in [7, 11) is 1.75. The topological polar surface area (TPSA) is 96.2 Å². The molecule has 1 aliphatic heterocycles. The highest BCUT2D eigenvalue weighted by molar-refractivity contribution is 7.59. The van der Waals surface area contributed by atoms with Gasteiger partial charge in [-0.3, -0.25) is 9.48 Å². The number of fused-ring (bicyclic) bond motifs is 1. The Kier molecular flexibility index (Phi) is 9.35. The van der Waals surface area contributed by atoms with Crippen molar-refractivity contribution in [3.05, 3.63) is 64.1 Å². The zero-order valence-corrected chi connectivity index (χ0v) is 21.8. The van der Waals surface area contributed by atoms with Gasteiger partial charge in [-0.25, -0.2) is 14.4 Å². The van der Waals surface area contributed by atoms with E-state index >= 15 is 0 Å². The maximum absolute atomic E-state index is 13.2. The molecule has 1 amide bonds. The van der Waals surface area contributed by atoms with Crippen molar-refractivity contribution in [3.63, 3.8) is 0 Å². The van der Waals surface area contributed by atoms with E-state index in [1.54, 1.807) is 35.8 Å². The van der Waals surface area contributed by atoms with Crippen LogP contribution in [0.2, 0.25) is 5.02 Å². The summed E-state index contributed by atoms with van der Waals surface area (Å²) < 4.78 is 15.0. The Morgan fingerprint density at radius 2 is 2.00 bits per heavy atom. The van der Waals surface area contributed by atoms with Crippen molar-refractivity contribution in [3.8, 4) is 0 Å². The van der Waals surface area contributed by atoms with E-state index in [0.717, 1.165) is 11.1 Å². The third kappa shape index (κ3) is 5.83. The van der Waals surface area contributed by atoms with Gasteiger partial charge >= 0.3 is 0 Å². The average molecular weight is 527 g/mol. The number of rotatable bonds is 6. The Morgan fingerprint density at radius 1 is 1.26 bits per heavy atom. The van der Waals surface area contributed by atoms with Crippen LogP contribution in [-0.4, -0.2) is 50.0 Å². The molecule has 12 heteroatoms.